The Kier molecular flexibility index (Phi) is 5.26. The second kappa shape index (κ2) is 6.70. The number of hydrogen-bond donors (Lipinski definition) is 2. The molecule has 0 heterocycles. The predicted octanol–water partition coefficient (Wildman–Crippen LogP) is 1.83. The van der Waals surface area contributed by atoms with Crippen molar-refractivity contribution < 1.29 is 9.72 Å². The summed E-state index contributed by atoms with van der Waals surface area (Å²) in [5, 5.41) is 13.5. The van der Waals surface area contributed by atoms with E-state index in [4.69, 9.17) is 5.73 Å². The summed E-state index contributed by atoms with van der Waals surface area (Å²) in [7, 11) is 0. The van der Waals surface area contributed by atoms with Gasteiger partial charge >= 0.3 is 0 Å². The number of nitrogens with two attached hydrogens (primary N) is 1. The van der Waals surface area contributed by atoms with Crippen LogP contribution in [-0.2, 0) is 11.2 Å². The lowest BCUT2D eigenvalue weighted by Gasteiger charge is -2.06. The van der Waals surface area contributed by atoms with Gasteiger partial charge in [0.05, 0.1) is 4.92 Å². The molecule has 0 saturated carbocycles. The van der Waals surface area contributed by atoms with Crippen molar-refractivity contribution in [1.29, 1.82) is 0 Å². The number of nitrogens with zero attached hydrogens (tertiary/aromatic N) is 1. The van der Waals surface area contributed by atoms with Crippen LogP contribution < -0.4 is 11.1 Å². The fourth-order valence-electron chi connectivity index (χ4n) is 1.60. The number of carbonyl (C=O) groups is 1. The third-order valence-electron chi connectivity index (χ3n) is 2.55. The van der Waals surface area contributed by atoms with Crippen LogP contribution in [0.5, 0.6) is 0 Å². The standard InChI is InChI=1S/C12H17N3O3/c1-2-9-5-6-10(8-11(9)15(17)18)14-12(16)4-3-7-13/h5-6,8H,2-4,7,13H2,1H3,(H,14,16). The molecule has 6 heteroatoms. The van der Waals surface area contributed by atoms with Gasteiger partial charge in [-0.2, -0.15) is 0 Å². The number of nitro benzene ring substituents is 1. The number of carbonyl (C=O) groups excluding carboxylic acids is 1. The van der Waals surface area contributed by atoms with Crippen LogP contribution in [0, 0.1) is 10.1 Å². The van der Waals surface area contributed by atoms with Crippen LogP contribution in [0.2, 0.25) is 0 Å². The summed E-state index contributed by atoms with van der Waals surface area (Å²) in [6.07, 6.45) is 1.50. The number of hydrogen-bond acceptors (Lipinski definition) is 4. The fourth-order valence-corrected chi connectivity index (χ4v) is 1.60. The van der Waals surface area contributed by atoms with Gasteiger partial charge in [-0.3, -0.25) is 14.9 Å². The molecule has 0 bridgehead atoms. The van der Waals surface area contributed by atoms with Crippen LogP contribution >= 0.6 is 0 Å². The van der Waals surface area contributed by atoms with Gasteiger partial charge in [0.2, 0.25) is 5.91 Å². The first-order valence-electron chi connectivity index (χ1n) is 5.85. The van der Waals surface area contributed by atoms with E-state index in [1.807, 2.05) is 6.92 Å². The molecule has 0 fully saturated rings. The molecule has 0 radical (unpaired) electrons. The first-order chi connectivity index (χ1) is 8.58. The van der Waals surface area contributed by atoms with Gasteiger partial charge in [0.1, 0.15) is 0 Å². The Morgan fingerprint density at radius 2 is 2.22 bits per heavy atom. The van der Waals surface area contributed by atoms with Crippen molar-refractivity contribution in [2.75, 3.05) is 11.9 Å². The average molecular weight is 251 g/mol. The van der Waals surface area contributed by atoms with Crippen molar-refractivity contribution in [1.82, 2.24) is 0 Å². The molecule has 0 atom stereocenters. The highest BCUT2D eigenvalue weighted by Crippen LogP contribution is 2.23. The molecule has 18 heavy (non-hydrogen) atoms. The van der Waals surface area contributed by atoms with Crippen LogP contribution in [0.1, 0.15) is 25.3 Å². The largest absolute Gasteiger partial charge is 0.330 e. The average Bonchev–Trinajstić information content (AvgIpc) is 2.36. The van der Waals surface area contributed by atoms with E-state index >= 15 is 0 Å². The highest BCUT2D eigenvalue weighted by molar-refractivity contribution is 5.91. The fraction of sp³-hybridized carbons (Fsp3) is 0.417. The van der Waals surface area contributed by atoms with E-state index in [-0.39, 0.29) is 11.6 Å². The molecular weight excluding hydrogens is 234 g/mol. The molecule has 1 aromatic rings. The normalized spacial score (nSPS) is 10.1. The van der Waals surface area contributed by atoms with Gasteiger partial charge in [0.25, 0.3) is 5.69 Å². The molecule has 98 valence electrons. The number of rotatable bonds is 6. The molecule has 0 aliphatic carbocycles. The highest BCUT2D eigenvalue weighted by atomic mass is 16.6. The zero-order valence-corrected chi connectivity index (χ0v) is 10.3. The zero-order chi connectivity index (χ0) is 13.5. The molecule has 3 N–H and O–H groups in total. The molecule has 1 rings (SSSR count). The third-order valence-corrected chi connectivity index (χ3v) is 2.55. The summed E-state index contributed by atoms with van der Waals surface area (Å²) in [6, 6.07) is 4.72. The Bertz CT molecular complexity index is 446. The number of anilines is 1. The summed E-state index contributed by atoms with van der Waals surface area (Å²) in [6.45, 7) is 2.30. The predicted molar refractivity (Wildman–Crippen MR) is 69.4 cm³/mol. The quantitative estimate of drug-likeness (QED) is 0.595. The van der Waals surface area contributed by atoms with E-state index in [1.54, 1.807) is 12.1 Å². The molecule has 0 spiro atoms. The molecule has 0 saturated heterocycles. The van der Waals surface area contributed by atoms with Crippen molar-refractivity contribution >= 4 is 17.3 Å². The Morgan fingerprint density at radius 1 is 1.50 bits per heavy atom. The third kappa shape index (κ3) is 3.81. The van der Waals surface area contributed by atoms with E-state index in [2.05, 4.69) is 5.32 Å². The molecule has 0 aliphatic heterocycles. The van der Waals surface area contributed by atoms with Crippen LogP contribution in [0.25, 0.3) is 0 Å². The van der Waals surface area contributed by atoms with E-state index in [0.29, 0.717) is 37.1 Å². The summed E-state index contributed by atoms with van der Waals surface area (Å²) in [5.41, 5.74) is 6.44. The monoisotopic (exact) mass is 251 g/mol. The topological polar surface area (TPSA) is 98.3 Å². The number of benzene rings is 1. The summed E-state index contributed by atoms with van der Waals surface area (Å²) >= 11 is 0. The lowest BCUT2D eigenvalue weighted by Crippen LogP contribution is -2.13. The minimum atomic E-state index is -0.436. The molecule has 0 aromatic heterocycles. The first kappa shape index (κ1) is 14.1. The molecular formula is C12H17N3O3. The zero-order valence-electron chi connectivity index (χ0n) is 10.3. The maximum Gasteiger partial charge on any atom is 0.274 e. The Hall–Kier alpha value is -1.95. The molecule has 6 nitrogen and oxygen atoms in total. The second-order valence-corrected chi connectivity index (χ2v) is 3.89. The molecule has 0 aliphatic rings. The van der Waals surface area contributed by atoms with Crippen LogP contribution in [0.4, 0.5) is 11.4 Å². The van der Waals surface area contributed by atoms with Gasteiger partial charge in [-0.15, -0.1) is 0 Å². The van der Waals surface area contributed by atoms with Gasteiger partial charge in [-0.05, 0) is 25.5 Å². The van der Waals surface area contributed by atoms with Gasteiger partial charge in [0, 0.05) is 23.7 Å². The lowest BCUT2D eigenvalue weighted by atomic mass is 10.1. The smallest absolute Gasteiger partial charge is 0.274 e. The molecule has 1 amide bonds. The van der Waals surface area contributed by atoms with Gasteiger partial charge in [-0.1, -0.05) is 13.0 Å². The number of nitrogens with one attached hydrogen (secondary N) is 1. The van der Waals surface area contributed by atoms with Crippen molar-refractivity contribution in [3.63, 3.8) is 0 Å². The number of aryl methyl sites for hydroxylation is 1. The summed E-state index contributed by atoms with van der Waals surface area (Å²) in [4.78, 5) is 21.9. The maximum absolute atomic E-state index is 11.5. The SMILES string of the molecule is CCc1ccc(NC(=O)CCCN)cc1[N+](=O)[O-]. The lowest BCUT2D eigenvalue weighted by molar-refractivity contribution is -0.385. The van der Waals surface area contributed by atoms with E-state index in [1.165, 1.54) is 6.07 Å². The van der Waals surface area contributed by atoms with Crippen LogP contribution in [-0.4, -0.2) is 17.4 Å². The van der Waals surface area contributed by atoms with E-state index in [0.717, 1.165) is 0 Å². The number of amides is 1. The Morgan fingerprint density at radius 3 is 2.78 bits per heavy atom. The van der Waals surface area contributed by atoms with Crippen molar-refractivity contribution in [3.8, 4) is 0 Å². The van der Waals surface area contributed by atoms with Crippen LogP contribution in [0.3, 0.4) is 0 Å². The van der Waals surface area contributed by atoms with Crippen molar-refractivity contribution in [2.24, 2.45) is 5.73 Å². The van der Waals surface area contributed by atoms with Crippen LogP contribution in [0.15, 0.2) is 18.2 Å². The van der Waals surface area contributed by atoms with Gasteiger partial charge in [-0.25, -0.2) is 0 Å². The Balaban J connectivity index is 2.82. The minimum absolute atomic E-state index is 0.0362. The second-order valence-electron chi connectivity index (χ2n) is 3.89. The Labute approximate surface area is 105 Å². The van der Waals surface area contributed by atoms with Crippen molar-refractivity contribution in [2.45, 2.75) is 26.2 Å². The van der Waals surface area contributed by atoms with E-state index in [9.17, 15) is 14.9 Å². The summed E-state index contributed by atoms with van der Waals surface area (Å²) in [5.74, 6) is -0.181. The van der Waals surface area contributed by atoms with Crippen molar-refractivity contribution in [3.05, 3.63) is 33.9 Å². The number of nitro groups is 1. The van der Waals surface area contributed by atoms with E-state index < -0.39 is 4.92 Å². The van der Waals surface area contributed by atoms with Gasteiger partial charge < -0.3 is 11.1 Å². The molecule has 1 aromatic carbocycles. The first-order valence-corrected chi connectivity index (χ1v) is 5.85. The molecule has 0 unspecified atom stereocenters. The minimum Gasteiger partial charge on any atom is -0.330 e. The maximum atomic E-state index is 11.5. The van der Waals surface area contributed by atoms with Gasteiger partial charge in [0.15, 0.2) is 0 Å². The summed E-state index contributed by atoms with van der Waals surface area (Å²) < 4.78 is 0. The highest BCUT2D eigenvalue weighted by Gasteiger charge is 2.13.